The summed E-state index contributed by atoms with van der Waals surface area (Å²) in [5.74, 6) is -3.77. The molecule has 2 nitrogen and oxygen atoms in total. The van der Waals surface area contributed by atoms with Crippen molar-refractivity contribution < 1.29 is 18.3 Å². The fourth-order valence-electron chi connectivity index (χ4n) is 0.969. The molecule has 0 unspecified atom stereocenters. The Morgan fingerprint density at radius 1 is 0.824 bits per heavy atom. The summed E-state index contributed by atoms with van der Waals surface area (Å²) in [6.45, 7) is 0. The summed E-state index contributed by atoms with van der Waals surface area (Å²) in [4.78, 5) is 0. The van der Waals surface area contributed by atoms with Gasteiger partial charge in [0.05, 0.1) is 5.69 Å². The SMILES string of the molecule is Nc1ccc(F)c(F)c1F.Oc1ccccc1. The normalized spacial score (nSPS) is 9.35. The van der Waals surface area contributed by atoms with Crippen molar-refractivity contribution in [3.8, 4) is 5.75 Å². The quantitative estimate of drug-likeness (QED) is 0.550. The predicted octanol–water partition coefficient (Wildman–Crippen LogP) is 3.08. The van der Waals surface area contributed by atoms with Crippen LogP contribution in [0.2, 0.25) is 0 Å². The molecule has 2 rings (SSSR count). The first-order chi connectivity index (χ1) is 8.02. The molecule has 0 saturated heterocycles. The number of benzene rings is 2. The van der Waals surface area contributed by atoms with Crippen LogP contribution in [-0.4, -0.2) is 5.11 Å². The molecule has 5 heteroatoms. The minimum absolute atomic E-state index is 0.322. The zero-order chi connectivity index (χ0) is 12.8. The lowest BCUT2D eigenvalue weighted by molar-refractivity contribution is 0.449. The van der Waals surface area contributed by atoms with Crippen LogP contribution < -0.4 is 5.73 Å². The molecule has 0 atom stereocenters. The van der Waals surface area contributed by atoms with E-state index in [1.807, 2.05) is 6.07 Å². The number of aromatic hydroxyl groups is 1. The highest BCUT2D eigenvalue weighted by atomic mass is 19.2. The Bertz CT molecular complexity index is 462. The standard InChI is InChI=1S/C6H4F3N.C6H6O/c7-3-1-2-4(10)6(9)5(3)8;7-6-4-2-1-3-5-6/h1-2H,10H2;1-5,7H. The monoisotopic (exact) mass is 241 g/mol. The van der Waals surface area contributed by atoms with Crippen molar-refractivity contribution in [1.29, 1.82) is 0 Å². The third-order valence-corrected chi connectivity index (χ3v) is 1.82. The van der Waals surface area contributed by atoms with Crippen LogP contribution in [0.5, 0.6) is 5.75 Å². The molecule has 3 N–H and O–H groups in total. The Morgan fingerprint density at radius 3 is 1.82 bits per heavy atom. The first-order valence-electron chi connectivity index (χ1n) is 4.65. The van der Waals surface area contributed by atoms with E-state index in [0.717, 1.165) is 12.1 Å². The second kappa shape index (κ2) is 5.79. The highest BCUT2D eigenvalue weighted by Crippen LogP contribution is 2.15. The van der Waals surface area contributed by atoms with Crippen molar-refractivity contribution in [3.05, 3.63) is 59.9 Å². The number of halogens is 3. The summed E-state index contributed by atoms with van der Waals surface area (Å²) in [6, 6.07) is 10.5. The van der Waals surface area contributed by atoms with Gasteiger partial charge in [0, 0.05) is 0 Å². The number of nitrogens with two attached hydrogens (primary N) is 1. The molecule has 0 fully saturated rings. The van der Waals surface area contributed by atoms with Gasteiger partial charge < -0.3 is 10.8 Å². The minimum Gasteiger partial charge on any atom is -0.508 e. The smallest absolute Gasteiger partial charge is 0.196 e. The number of phenolic OH excluding ortho intramolecular Hbond substituents is 1. The number of anilines is 1. The van der Waals surface area contributed by atoms with Crippen molar-refractivity contribution >= 4 is 5.69 Å². The molecule has 0 saturated carbocycles. The Balaban J connectivity index is 0.000000181. The molecule has 0 heterocycles. The third kappa shape index (κ3) is 3.71. The van der Waals surface area contributed by atoms with E-state index in [9.17, 15) is 13.2 Å². The Morgan fingerprint density at radius 2 is 1.41 bits per heavy atom. The van der Waals surface area contributed by atoms with Gasteiger partial charge >= 0.3 is 0 Å². The molecule has 0 spiro atoms. The first kappa shape index (κ1) is 12.9. The maximum atomic E-state index is 12.3. The van der Waals surface area contributed by atoms with Gasteiger partial charge in [-0.2, -0.15) is 0 Å². The molecule has 90 valence electrons. The topological polar surface area (TPSA) is 46.2 Å². The van der Waals surface area contributed by atoms with Gasteiger partial charge in [-0.1, -0.05) is 18.2 Å². The van der Waals surface area contributed by atoms with Crippen LogP contribution in [0.15, 0.2) is 42.5 Å². The summed E-state index contributed by atoms with van der Waals surface area (Å²) in [5.41, 5.74) is 4.52. The summed E-state index contributed by atoms with van der Waals surface area (Å²) in [7, 11) is 0. The molecular weight excluding hydrogens is 231 g/mol. The first-order valence-corrected chi connectivity index (χ1v) is 4.65. The van der Waals surface area contributed by atoms with Gasteiger partial charge in [-0.25, -0.2) is 13.2 Å². The van der Waals surface area contributed by atoms with Crippen LogP contribution >= 0.6 is 0 Å². The molecule has 0 aliphatic rings. The molecule has 0 amide bonds. The van der Waals surface area contributed by atoms with Gasteiger partial charge in [0.2, 0.25) is 0 Å². The number of nitrogen functional groups attached to an aromatic ring is 1. The lowest BCUT2D eigenvalue weighted by Gasteiger charge is -1.96. The zero-order valence-corrected chi connectivity index (χ0v) is 8.70. The van der Waals surface area contributed by atoms with Crippen LogP contribution in [0.3, 0.4) is 0 Å². The highest BCUT2D eigenvalue weighted by Gasteiger charge is 2.09. The fraction of sp³-hybridized carbons (Fsp3) is 0. The Labute approximate surface area is 96.1 Å². The molecule has 0 bridgehead atoms. The second-order valence-corrected chi connectivity index (χ2v) is 3.10. The maximum Gasteiger partial charge on any atom is 0.196 e. The predicted molar refractivity (Wildman–Crippen MR) is 58.8 cm³/mol. The number of para-hydroxylation sites is 1. The number of rotatable bonds is 0. The lowest BCUT2D eigenvalue weighted by atomic mass is 10.3. The molecule has 0 radical (unpaired) electrons. The van der Waals surface area contributed by atoms with E-state index in [0.29, 0.717) is 5.75 Å². The molecule has 17 heavy (non-hydrogen) atoms. The van der Waals surface area contributed by atoms with Gasteiger partial charge in [-0.3, -0.25) is 0 Å². The summed E-state index contributed by atoms with van der Waals surface area (Å²) in [6.07, 6.45) is 0. The number of phenols is 1. The lowest BCUT2D eigenvalue weighted by Crippen LogP contribution is -1.96. The van der Waals surface area contributed by atoms with Gasteiger partial charge in [0.25, 0.3) is 0 Å². The van der Waals surface area contributed by atoms with E-state index in [2.05, 4.69) is 0 Å². The molecular formula is C12H10F3NO. The summed E-state index contributed by atoms with van der Waals surface area (Å²) >= 11 is 0. The molecule has 0 aliphatic carbocycles. The maximum absolute atomic E-state index is 12.3. The van der Waals surface area contributed by atoms with E-state index in [4.69, 9.17) is 10.8 Å². The number of hydrogen-bond acceptors (Lipinski definition) is 2. The van der Waals surface area contributed by atoms with E-state index in [-0.39, 0.29) is 5.69 Å². The number of hydrogen-bond donors (Lipinski definition) is 2. The van der Waals surface area contributed by atoms with Crippen molar-refractivity contribution in [2.24, 2.45) is 0 Å². The Kier molecular flexibility index (Phi) is 4.39. The van der Waals surface area contributed by atoms with Crippen LogP contribution in [0, 0.1) is 17.5 Å². The minimum atomic E-state index is -1.53. The van der Waals surface area contributed by atoms with E-state index < -0.39 is 17.5 Å². The van der Waals surface area contributed by atoms with Crippen molar-refractivity contribution in [2.75, 3.05) is 5.73 Å². The largest absolute Gasteiger partial charge is 0.508 e. The third-order valence-electron chi connectivity index (χ3n) is 1.82. The van der Waals surface area contributed by atoms with Gasteiger partial charge in [-0.05, 0) is 24.3 Å². The van der Waals surface area contributed by atoms with E-state index in [1.54, 1.807) is 24.3 Å². The molecule has 0 aliphatic heterocycles. The van der Waals surface area contributed by atoms with Crippen molar-refractivity contribution in [1.82, 2.24) is 0 Å². The van der Waals surface area contributed by atoms with Gasteiger partial charge in [-0.15, -0.1) is 0 Å². The second-order valence-electron chi connectivity index (χ2n) is 3.10. The van der Waals surface area contributed by atoms with Crippen LogP contribution in [0.1, 0.15) is 0 Å². The average Bonchev–Trinajstić information content (AvgIpc) is 2.33. The highest BCUT2D eigenvalue weighted by molar-refractivity contribution is 5.39. The summed E-state index contributed by atoms with van der Waals surface area (Å²) < 4.78 is 36.5. The van der Waals surface area contributed by atoms with Gasteiger partial charge in [0.15, 0.2) is 17.5 Å². The summed E-state index contributed by atoms with van der Waals surface area (Å²) in [5, 5.41) is 8.63. The van der Waals surface area contributed by atoms with Crippen molar-refractivity contribution in [3.63, 3.8) is 0 Å². The Hall–Kier alpha value is -2.17. The van der Waals surface area contributed by atoms with Crippen LogP contribution in [0.4, 0.5) is 18.9 Å². The molecule has 2 aromatic carbocycles. The van der Waals surface area contributed by atoms with Crippen LogP contribution in [0.25, 0.3) is 0 Å². The van der Waals surface area contributed by atoms with Crippen molar-refractivity contribution in [2.45, 2.75) is 0 Å². The molecule has 2 aromatic rings. The fourth-order valence-corrected chi connectivity index (χ4v) is 0.969. The average molecular weight is 241 g/mol. The van der Waals surface area contributed by atoms with Gasteiger partial charge in [0.1, 0.15) is 5.75 Å². The zero-order valence-electron chi connectivity index (χ0n) is 8.70. The van der Waals surface area contributed by atoms with E-state index in [1.165, 1.54) is 0 Å². The van der Waals surface area contributed by atoms with Crippen LogP contribution in [-0.2, 0) is 0 Å². The molecule has 0 aromatic heterocycles. The van der Waals surface area contributed by atoms with E-state index >= 15 is 0 Å².